The molecule has 0 aromatic heterocycles. The molecule has 1 N–H and O–H groups in total. The van der Waals surface area contributed by atoms with Gasteiger partial charge in [-0.2, -0.15) is 0 Å². The number of hydrogen-bond donors (Lipinski definition) is 1. The van der Waals surface area contributed by atoms with Gasteiger partial charge in [-0.05, 0) is 125 Å². The Balaban J connectivity index is 1.45. The highest BCUT2D eigenvalue weighted by atomic mass is 16.6. The van der Waals surface area contributed by atoms with Crippen molar-refractivity contribution in [1.29, 1.82) is 0 Å². The first-order valence-electron chi connectivity index (χ1n) is 14.3. The molecule has 4 rings (SSSR count). The molecule has 4 saturated carbocycles. The predicted molar refractivity (Wildman–Crippen MR) is 136 cm³/mol. The van der Waals surface area contributed by atoms with E-state index in [9.17, 15) is 14.7 Å². The number of carbonyl (C=O) groups excluding carboxylic acids is 2. The standard InChI is InChI=1S/C30H50O5/c1-18(8-13-27(33)35-28(3,4)5)23-11-12-24-22-10-9-20-16-21(34-19(2)31)14-15-29(20,6)25(22)17-26(32)30(23,24)7/h18,20-26,32H,8-17H2,1-7H3/t18?,20?,21-,22?,23?,24?,25?,26+,29+,30-/m1/s1. The fraction of sp³-hybridized carbons (Fsp3) is 0.933. The summed E-state index contributed by atoms with van der Waals surface area (Å²) in [5.74, 6) is 2.97. The zero-order valence-corrected chi connectivity index (χ0v) is 23.3. The van der Waals surface area contributed by atoms with Gasteiger partial charge in [0, 0.05) is 13.3 Å². The first-order chi connectivity index (χ1) is 16.3. The number of carbonyl (C=O) groups is 2. The Kier molecular flexibility index (Phi) is 7.43. The molecule has 0 amide bonds. The monoisotopic (exact) mass is 490 g/mol. The van der Waals surface area contributed by atoms with Crippen LogP contribution in [0.4, 0.5) is 0 Å². The molecule has 0 radical (unpaired) electrons. The lowest BCUT2D eigenvalue weighted by atomic mass is 9.43. The van der Waals surface area contributed by atoms with Crippen molar-refractivity contribution >= 4 is 11.9 Å². The Labute approximate surface area is 213 Å². The van der Waals surface area contributed by atoms with Crippen LogP contribution in [0.5, 0.6) is 0 Å². The summed E-state index contributed by atoms with van der Waals surface area (Å²) in [6.07, 6.45) is 9.84. The average Bonchev–Trinajstić information content (AvgIpc) is 3.10. The highest BCUT2D eigenvalue weighted by Gasteiger charge is 2.63. The summed E-state index contributed by atoms with van der Waals surface area (Å²) in [6.45, 7) is 14.4. The second kappa shape index (κ2) is 9.65. The second-order valence-corrected chi connectivity index (χ2v) is 14.1. The van der Waals surface area contributed by atoms with Crippen LogP contribution in [-0.2, 0) is 19.1 Å². The Morgan fingerprint density at radius 3 is 2.40 bits per heavy atom. The molecule has 5 heteroatoms. The van der Waals surface area contributed by atoms with Crippen LogP contribution >= 0.6 is 0 Å². The van der Waals surface area contributed by atoms with Gasteiger partial charge in [0.1, 0.15) is 11.7 Å². The summed E-state index contributed by atoms with van der Waals surface area (Å²) >= 11 is 0. The van der Waals surface area contributed by atoms with Gasteiger partial charge >= 0.3 is 11.9 Å². The van der Waals surface area contributed by atoms with Crippen molar-refractivity contribution in [1.82, 2.24) is 0 Å². The van der Waals surface area contributed by atoms with Crippen LogP contribution in [0.1, 0.15) is 113 Å². The third-order valence-electron chi connectivity index (χ3n) is 11.0. The molecule has 0 bridgehead atoms. The summed E-state index contributed by atoms with van der Waals surface area (Å²) in [6, 6.07) is 0. The van der Waals surface area contributed by atoms with Crippen molar-refractivity contribution in [3.63, 3.8) is 0 Å². The van der Waals surface area contributed by atoms with Gasteiger partial charge in [-0.3, -0.25) is 9.59 Å². The Hall–Kier alpha value is -1.10. The van der Waals surface area contributed by atoms with Gasteiger partial charge in [-0.15, -0.1) is 0 Å². The molecule has 10 atom stereocenters. The van der Waals surface area contributed by atoms with Crippen molar-refractivity contribution in [2.45, 2.75) is 130 Å². The van der Waals surface area contributed by atoms with E-state index < -0.39 is 5.60 Å². The summed E-state index contributed by atoms with van der Waals surface area (Å²) in [7, 11) is 0. The van der Waals surface area contributed by atoms with E-state index in [1.54, 1.807) is 0 Å². The number of rotatable bonds is 5. The lowest BCUT2D eigenvalue weighted by Gasteiger charge is -2.62. The third-order valence-corrected chi connectivity index (χ3v) is 11.0. The molecule has 0 heterocycles. The fourth-order valence-corrected chi connectivity index (χ4v) is 9.42. The van der Waals surface area contributed by atoms with E-state index in [0.29, 0.717) is 41.9 Å². The average molecular weight is 491 g/mol. The molecule has 4 fully saturated rings. The Morgan fingerprint density at radius 1 is 1.03 bits per heavy atom. The number of aliphatic hydroxyl groups is 1. The minimum absolute atomic E-state index is 0.0628. The summed E-state index contributed by atoms with van der Waals surface area (Å²) < 4.78 is 11.2. The molecule has 4 aliphatic rings. The van der Waals surface area contributed by atoms with E-state index in [4.69, 9.17) is 9.47 Å². The number of esters is 2. The molecule has 5 nitrogen and oxygen atoms in total. The van der Waals surface area contributed by atoms with Gasteiger partial charge in [0.15, 0.2) is 0 Å². The minimum atomic E-state index is -0.439. The van der Waals surface area contributed by atoms with Gasteiger partial charge in [-0.1, -0.05) is 20.8 Å². The summed E-state index contributed by atoms with van der Waals surface area (Å²) in [5, 5.41) is 11.7. The quantitative estimate of drug-likeness (QED) is 0.458. The molecule has 200 valence electrons. The largest absolute Gasteiger partial charge is 0.463 e. The van der Waals surface area contributed by atoms with Crippen molar-refractivity contribution in [3.8, 4) is 0 Å². The van der Waals surface area contributed by atoms with Crippen LogP contribution in [0.25, 0.3) is 0 Å². The SMILES string of the molecule is CC(=O)O[C@@H]1CC[C@@]2(C)C(CCC3C2C[C@H](O)[C@]2(C)C(C(C)CCC(=O)OC(C)(C)C)CCC32)C1. The molecule has 0 aliphatic heterocycles. The summed E-state index contributed by atoms with van der Waals surface area (Å²) in [5.41, 5.74) is -0.263. The van der Waals surface area contributed by atoms with Crippen LogP contribution in [0, 0.1) is 46.3 Å². The maximum absolute atomic E-state index is 12.3. The van der Waals surface area contributed by atoms with Gasteiger partial charge in [0.2, 0.25) is 0 Å². The molecular formula is C30H50O5. The van der Waals surface area contributed by atoms with E-state index in [1.807, 2.05) is 20.8 Å². The molecule has 0 aromatic rings. The maximum atomic E-state index is 12.3. The van der Waals surface area contributed by atoms with Crippen molar-refractivity contribution in [2.75, 3.05) is 0 Å². The molecule has 6 unspecified atom stereocenters. The number of aliphatic hydroxyl groups excluding tert-OH is 1. The van der Waals surface area contributed by atoms with Crippen LogP contribution in [0.2, 0.25) is 0 Å². The van der Waals surface area contributed by atoms with E-state index >= 15 is 0 Å². The second-order valence-electron chi connectivity index (χ2n) is 14.1. The van der Waals surface area contributed by atoms with Crippen LogP contribution < -0.4 is 0 Å². The van der Waals surface area contributed by atoms with Crippen LogP contribution in [0.15, 0.2) is 0 Å². The van der Waals surface area contributed by atoms with E-state index in [0.717, 1.165) is 38.5 Å². The van der Waals surface area contributed by atoms with Gasteiger partial charge in [0.05, 0.1) is 6.10 Å². The molecule has 0 spiro atoms. The van der Waals surface area contributed by atoms with Crippen LogP contribution in [-0.4, -0.2) is 34.9 Å². The van der Waals surface area contributed by atoms with E-state index in [2.05, 4.69) is 20.8 Å². The maximum Gasteiger partial charge on any atom is 0.306 e. The molecule has 0 saturated heterocycles. The lowest BCUT2D eigenvalue weighted by Crippen LogP contribution is -2.59. The summed E-state index contributed by atoms with van der Waals surface area (Å²) in [4.78, 5) is 23.9. The van der Waals surface area contributed by atoms with Crippen molar-refractivity contribution in [3.05, 3.63) is 0 Å². The first-order valence-corrected chi connectivity index (χ1v) is 14.3. The van der Waals surface area contributed by atoms with Crippen LogP contribution in [0.3, 0.4) is 0 Å². The minimum Gasteiger partial charge on any atom is -0.463 e. The van der Waals surface area contributed by atoms with Crippen molar-refractivity contribution in [2.24, 2.45) is 46.3 Å². The van der Waals surface area contributed by atoms with E-state index in [1.165, 1.54) is 26.2 Å². The Bertz CT molecular complexity index is 801. The predicted octanol–water partition coefficient (Wildman–Crippen LogP) is 6.31. The smallest absolute Gasteiger partial charge is 0.306 e. The number of fused-ring (bicyclic) bond motifs is 5. The lowest BCUT2D eigenvalue weighted by molar-refractivity contribution is -0.181. The molecule has 4 aliphatic carbocycles. The number of hydrogen-bond acceptors (Lipinski definition) is 5. The fourth-order valence-electron chi connectivity index (χ4n) is 9.42. The van der Waals surface area contributed by atoms with Crippen molar-refractivity contribution < 1.29 is 24.2 Å². The third kappa shape index (κ3) is 5.05. The van der Waals surface area contributed by atoms with E-state index in [-0.39, 0.29) is 35.0 Å². The zero-order valence-electron chi connectivity index (χ0n) is 23.3. The van der Waals surface area contributed by atoms with Gasteiger partial charge in [0.25, 0.3) is 0 Å². The normalized spacial score (nSPS) is 43.9. The zero-order chi connectivity index (χ0) is 25.8. The van der Waals surface area contributed by atoms with Gasteiger partial charge < -0.3 is 14.6 Å². The molecule has 0 aromatic carbocycles. The molecular weight excluding hydrogens is 440 g/mol. The first kappa shape index (κ1) is 26.9. The highest BCUT2D eigenvalue weighted by Crippen LogP contribution is 2.68. The highest BCUT2D eigenvalue weighted by molar-refractivity contribution is 5.69. The topological polar surface area (TPSA) is 72.8 Å². The number of ether oxygens (including phenoxy) is 2. The molecule has 35 heavy (non-hydrogen) atoms. The Morgan fingerprint density at radius 2 is 1.74 bits per heavy atom. The van der Waals surface area contributed by atoms with Gasteiger partial charge in [-0.25, -0.2) is 0 Å².